The molecule has 1 aliphatic heterocycles. The van der Waals surface area contributed by atoms with E-state index in [0.29, 0.717) is 5.02 Å². The van der Waals surface area contributed by atoms with E-state index < -0.39 is 0 Å². The molecule has 3 rings (SSSR count). The number of nitrogens with zero attached hydrogens (tertiary/aromatic N) is 1. The molecule has 0 spiro atoms. The van der Waals surface area contributed by atoms with Crippen molar-refractivity contribution in [3.8, 4) is 0 Å². The summed E-state index contributed by atoms with van der Waals surface area (Å²) in [7, 11) is 0. The number of nitrogens with one attached hydrogen (secondary N) is 1. The predicted octanol–water partition coefficient (Wildman–Crippen LogP) is 4.35. The molecule has 1 N–H and O–H groups in total. The lowest BCUT2D eigenvalue weighted by atomic mass is 9.85. The summed E-state index contributed by atoms with van der Waals surface area (Å²) in [4.78, 5) is 2.62. The highest BCUT2D eigenvalue weighted by Crippen LogP contribution is 2.45. The van der Waals surface area contributed by atoms with Crippen LogP contribution in [-0.4, -0.2) is 29.1 Å². The van der Waals surface area contributed by atoms with E-state index in [-0.39, 0.29) is 11.1 Å². The van der Waals surface area contributed by atoms with Crippen LogP contribution in [0, 0.1) is 5.92 Å². The number of hydrogen-bond donors (Lipinski definition) is 1. The van der Waals surface area contributed by atoms with Crippen molar-refractivity contribution in [1.29, 1.82) is 0 Å². The first-order valence-electron chi connectivity index (χ1n) is 7.74. The van der Waals surface area contributed by atoms with Gasteiger partial charge in [0.25, 0.3) is 0 Å². The maximum absolute atomic E-state index is 6.38. The minimum Gasteiger partial charge on any atom is -0.309 e. The van der Waals surface area contributed by atoms with E-state index in [1.165, 1.54) is 18.4 Å². The molecule has 1 saturated heterocycles. The van der Waals surface area contributed by atoms with Gasteiger partial charge in [0.2, 0.25) is 0 Å². The molecule has 1 saturated carbocycles. The Balaban J connectivity index is 1.85. The van der Waals surface area contributed by atoms with Gasteiger partial charge in [-0.05, 0) is 57.2 Å². The van der Waals surface area contributed by atoms with Crippen LogP contribution >= 0.6 is 23.2 Å². The first-order valence-corrected chi connectivity index (χ1v) is 8.50. The van der Waals surface area contributed by atoms with E-state index in [4.69, 9.17) is 23.2 Å². The third-order valence-corrected chi connectivity index (χ3v) is 5.65. The zero-order valence-corrected chi connectivity index (χ0v) is 14.6. The molecule has 1 aromatic carbocycles. The summed E-state index contributed by atoms with van der Waals surface area (Å²) >= 11 is 12.4. The Kier molecular flexibility index (Phi) is 4.03. The molecule has 116 valence electrons. The number of piperazine rings is 1. The average molecular weight is 327 g/mol. The van der Waals surface area contributed by atoms with Gasteiger partial charge in [0.15, 0.2) is 0 Å². The minimum atomic E-state index is 0.146. The fourth-order valence-electron chi connectivity index (χ4n) is 3.44. The van der Waals surface area contributed by atoms with E-state index >= 15 is 0 Å². The minimum absolute atomic E-state index is 0.146. The number of hydrogen-bond acceptors (Lipinski definition) is 2. The summed E-state index contributed by atoms with van der Waals surface area (Å²) in [6, 6.07) is 5.85. The van der Waals surface area contributed by atoms with Gasteiger partial charge in [0.05, 0.1) is 0 Å². The molecular weight excluding hydrogens is 303 g/mol. The molecule has 2 aliphatic rings. The quantitative estimate of drug-likeness (QED) is 0.888. The molecule has 4 heteroatoms. The molecule has 0 aromatic heterocycles. The number of benzene rings is 1. The monoisotopic (exact) mass is 326 g/mol. The smallest absolute Gasteiger partial charge is 0.0465 e. The summed E-state index contributed by atoms with van der Waals surface area (Å²) in [6.45, 7) is 9.94. The van der Waals surface area contributed by atoms with E-state index in [0.717, 1.165) is 30.6 Å². The molecule has 1 heterocycles. The molecule has 2 nitrogen and oxygen atoms in total. The average Bonchev–Trinajstić information content (AvgIpc) is 3.22. The summed E-state index contributed by atoms with van der Waals surface area (Å²) in [5.41, 5.74) is 1.55. The second-order valence-electron chi connectivity index (χ2n) is 7.46. The lowest BCUT2D eigenvalue weighted by molar-refractivity contribution is 0.00522. The molecular formula is C17H24Cl2N2. The molecule has 1 unspecified atom stereocenters. The number of halogens is 2. The third kappa shape index (κ3) is 3.24. The van der Waals surface area contributed by atoms with Gasteiger partial charge in [-0.1, -0.05) is 29.3 Å². The Hall–Kier alpha value is -0.280. The van der Waals surface area contributed by atoms with Crippen molar-refractivity contribution in [3.63, 3.8) is 0 Å². The Morgan fingerprint density at radius 1 is 1.24 bits per heavy atom. The zero-order chi connectivity index (χ0) is 15.3. The van der Waals surface area contributed by atoms with E-state index in [2.05, 4.69) is 37.1 Å². The van der Waals surface area contributed by atoms with Crippen molar-refractivity contribution in [1.82, 2.24) is 10.2 Å². The normalized spacial score (nSPS) is 29.6. The highest BCUT2D eigenvalue weighted by atomic mass is 35.5. The topological polar surface area (TPSA) is 15.3 Å². The van der Waals surface area contributed by atoms with Gasteiger partial charge >= 0.3 is 0 Å². The van der Waals surface area contributed by atoms with Crippen molar-refractivity contribution < 1.29 is 0 Å². The van der Waals surface area contributed by atoms with Crippen LogP contribution in [0.2, 0.25) is 10.0 Å². The van der Waals surface area contributed by atoms with Crippen LogP contribution in [0.15, 0.2) is 18.2 Å². The Bertz CT molecular complexity index is 540. The lowest BCUT2D eigenvalue weighted by Gasteiger charge is -2.52. The van der Waals surface area contributed by atoms with Gasteiger partial charge in [-0.2, -0.15) is 0 Å². The highest BCUT2D eigenvalue weighted by Gasteiger charge is 2.49. The molecule has 0 amide bonds. The van der Waals surface area contributed by atoms with Gasteiger partial charge in [0.1, 0.15) is 0 Å². The van der Waals surface area contributed by atoms with Crippen molar-refractivity contribution in [3.05, 3.63) is 33.8 Å². The highest BCUT2D eigenvalue weighted by molar-refractivity contribution is 6.35. The first kappa shape index (κ1) is 15.6. The first-order chi connectivity index (χ1) is 9.80. The summed E-state index contributed by atoms with van der Waals surface area (Å²) in [6.07, 6.45) is 2.70. The van der Waals surface area contributed by atoms with Crippen LogP contribution in [0.4, 0.5) is 0 Å². The van der Waals surface area contributed by atoms with Crippen molar-refractivity contribution in [2.24, 2.45) is 5.92 Å². The largest absolute Gasteiger partial charge is 0.309 e. The molecule has 0 radical (unpaired) electrons. The van der Waals surface area contributed by atoms with Crippen LogP contribution in [0.5, 0.6) is 0 Å². The molecule has 21 heavy (non-hydrogen) atoms. The van der Waals surface area contributed by atoms with E-state index in [1.54, 1.807) is 0 Å². The molecule has 0 bridgehead atoms. The van der Waals surface area contributed by atoms with Crippen molar-refractivity contribution >= 4 is 23.2 Å². The molecule has 2 fully saturated rings. The van der Waals surface area contributed by atoms with Gasteiger partial charge in [-0.25, -0.2) is 0 Å². The second-order valence-corrected chi connectivity index (χ2v) is 8.30. The molecule has 1 atom stereocenters. The summed E-state index contributed by atoms with van der Waals surface area (Å²) in [5, 5.41) is 5.19. The fraction of sp³-hybridized carbons (Fsp3) is 0.647. The number of rotatable bonds is 3. The maximum atomic E-state index is 6.38. The van der Waals surface area contributed by atoms with Gasteiger partial charge in [-0.3, -0.25) is 4.90 Å². The van der Waals surface area contributed by atoms with Gasteiger partial charge in [-0.15, -0.1) is 0 Å². The maximum Gasteiger partial charge on any atom is 0.0465 e. The van der Waals surface area contributed by atoms with Crippen molar-refractivity contribution in [2.45, 2.75) is 51.2 Å². The van der Waals surface area contributed by atoms with Crippen molar-refractivity contribution in [2.75, 3.05) is 13.1 Å². The zero-order valence-electron chi connectivity index (χ0n) is 13.0. The summed E-state index contributed by atoms with van der Waals surface area (Å²) in [5.74, 6) is 0.812. The van der Waals surface area contributed by atoms with E-state index in [9.17, 15) is 0 Å². The Morgan fingerprint density at radius 2 is 1.95 bits per heavy atom. The molecule has 1 aliphatic carbocycles. The standard InChI is InChI=1S/C17H24Cl2N2/c1-16(2)11-21(17(3,10-20-16)13-5-6-13)9-12-4-7-14(18)8-15(12)19/h4,7-8,13,20H,5-6,9-11H2,1-3H3. The predicted molar refractivity (Wildman–Crippen MR) is 90.1 cm³/mol. The SMILES string of the molecule is CC1(C)CN(Cc2ccc(Cl)cc2Cl)C(C)(C2CC2)CN1. The van der Waals surface area contributed by atoms with Crippen LogP contribution < -0.4 is 5.32 Å². The van der Waals surface area contributed by atoms with Crippen LogP contribution in [0.3, 0.4) is 0 Å². The van der Waals surface area contributed by atoms with Crippen LogP contribution in [-0.2, 0) is 6.54 Å². The second kappa shape index (κ2) is 5.42. The van der Waals surface area contributed by atoms with Crippen LogP contribution in [0.1, 0.15) is 39.2 Å². The fourth-order valence-corrected chi connectivity index (χ4v) is 3.91. The Morgan fingerprint density at radius 3 is 2.57 bits per heavy atom. The molecule has 1 aromatic rings. The Labute approximate surface area is 137 Å². The lowest BCUT2D eigenvalue weighted by Crippen LogP contribution is -2.67. The van der Waals surface area contributed by atoms with Crippen LogP contribution in [0.25, 0.3) is 0 Å². The van der Waals surface area contributed by atoms with Gasteiger partial charge < -0.3 is 5.32 Å². The van der Waals surface area contributed by atoms with E-state index in [1.807, 2.05) is 12.1 Å². The third-order valence-electron chi connectivity index (χ3n) is 5.07. The van der Waals surface area contributed by atoms with Gasteiger partial charge in [0, 0.05) is 40.8 Å². The summed E-state index contributed by atoms with van der Waals surface area (Å²) < 4.78 is 0.